The van der Waals surface area contributed by atoms with Crippen LogP contribution < -0.4 is 4.90 Å². The highest BCUT2D eigenvalue weighted by molar-refractivity contribution is 5.90. The molecule has 1 aromatic carbocycles. The smallest absolute Gasteiger partial charge is 0.451 e. The second-order valence-electron chi connectivity index (χ2n) is 5.92. The molecule has 0 bridgehead atoms. The normalized spacial score (nSPS) is 18.4. The molecular formula is C17H18F3N3O2. The zero-order valence-electron chi connectivity index (χ0n) is 13.7. The number of fused-ring (bicyclic) bond motifs is 1. The topological polar surface area (TPSA) is 55.3 Å². The van der Waals surface area contributed by atoms with Gasteiger partial charge in [-0.25, -0.2) is 9.97 Å². The van der Waals surface area contributed by atoms with Crippen LogP contribution in [0.2, 0.25) is 0 Å². The molecule has 1 aliphatic rings. The molecule has 0 spiro atoms. The second-order valence-corrected chi connectivity index (χ2v) is 5.92. The van der Waals surface area contributed by atoms with Crippen molar-refractivity contribution in [3.63, 3.8) is 0 Å². The monoisotopic (exact) mass is 353 g/mol. The molecule has 5 nitrogen and oxygen atoms in total. The molecule has 0 unspecified atom stereocenters. The number of rotatable bonds is 3. The van der Waals surface area contributed by atoms with Gasteiger partial charge in [0.05, 0.1) is 18.0 Å². The van der Waals surface area contributed by atoms with E-state index in [9.17, 15) is 18.0 Å². The first-order valence-electron chi connectivity index (χ1n) is 8.15. The summed E-state index contributed by atoms with van der Waals surface area (Å²) in [4.78, 5) is 21.1. The Bertz CT molecular complexity index is 779. The van der Waals surface area contributed by atoms with Crippen LogP contribution in [0.3, 0.4) is 0 Å². The Labute approximate surface area is 142 Å². The van der Waals surface area contributed by atoms with Crippen molar-refractivity contribution in [3.05, 3.63) is 30.1 Å². The molecule has 1 saturated heterocycles. The number of hydrogen-bond acceptors (Lipinski definition) is 5. The lowest BCUT2D eigenvalue weighted by Gasteiger charge is -2.33. The van der Waals surface area contributed by atoms with Crippen LogP contribution in [0.1, 0.15) is 25.6 Å². The third-order valence-electron chi connectivity index (χ3n) is 4.18. The fourth-order valence-electron chi connectivity index (χ4n) is 3.05. The SMILES string of the molecule is CCOC(=O)[C@@H]1CCCN(c2nc(C(F)(F)F)nc3ccccc23)C1. The highest BCUT2D eigenvalue weighted by Gasteiger charge is 2.37. The highest BCUT2D eigenvalue weighted by atomic mass is 19.4. The van der Waals surface area contributed by atoms with E-state index in [1.54, 1.807) is 30.0 Å². The van der Waals surface area contributed by atoms with E-state index in [-0.39, 0.29) is 36.4 Å². The molecule has 0 radical (unpaired) electrons. The summed E-state index contributed by atoms with van der Waals surface area (Å²) in [5.74, 6) is -1.63. The Hall–Kier alpha value is -2.38. The van der Waals surface area contributed by atoms with Crippen molar-refractivity contribution >= 4 is 22.7 Å². The quantitative estimate of drug-likeness (QED) is 0.792. The molecule has 3 rings (SSSR count). The van der Waals surface area contributed by atoms with Gasteiger partial charge in [0.15, 0.2) is 0 Å². The van der Waals surface area contributed by atoms with E-state index in [1.165, 1.54) is 6.07 Å². The Kier molecular flexibility index (Phi) is 4.78. The van der Waals surface area contributed by atoms with Crippen LogP contribution in [0.4, 0.5) is 19.0 Å². The van der Waals surface area contributed by atoms with Crippen molar-refractivity contribution in [2.75, 3.05) is 24.6 Å². The van der Waals surface area contributed by atoms with Crippen molar-refractivity contribution in [2.24, 2.45) is 5.92 Å². The number of aromatic nitrogens is 2. The number of anilines is 1. The fraction of sp³-hybridized carbons (Fsp3) is 0.471. The predicted octanol–water partition coefficient (Wildman–Crippen LogP) is 3.43. The van der Waals surface area contributed by atoms with Crippen LogP contribution in [-0.2, 0) is 15.7 Å². The highest BCUT2D eigenvalue weighted by Crippen LogP contribution is 2.33. The number of alkyl halides is 3. The molecule has 25 heavy (non-hydrogen) atoms. The molecule has 1 atom stereocenters. The number of halogens is 3. The molecule has 8 heteroatoms. The molecule has 2 heterocycles. The van der Waals surface area contributed by atoms with Gasteiger partial charge in [0, 0.05) is 18.5 Å². The number of hydrogen-bond donors (Lipinski definition) is 0. The second kappa shape index (κ2) is 6.85. The maximum Gasteiger partial charge on any atom is 0.451 e. The number of esters is 1. The van der Waals surface area contributed by atoms with Crippen LogP contribution in [-0.4, -0.2) is 35.6 Å². The minimum absolute atomic E-state index is 0.215. The Morgan fingerprint density at radius 1 is 1.32 bits per heavy atom. The predicted molar refractivity (Wildman–Crippen MR) is 86.1 cm³/mol. The standard InChI is InChI=1S/C17H18F3N3O2/c1-2-25-15(24)11-6-5-9-23(10-11)14-12-7-3-4-8-13(12)21-16(22-14)17(18,19)20/h3-4,7-8,11H,2,5-6,9-10H2,1H3/t11-/m1/s1. The first kappa shape index (κ1) is 17.4. The van der Waals surface area contributed by atoms with E-state index in [4.69, 9.17) is 4.74 Å². The third kappa shape index (κ3) is 3.67. The van der Waals surface area contributed by atoms with E-state index < -0.39 is 12.0 Å². The summed E-state index contributed by atoms with van der Waals surface area (Å²) in [6.07, 6.45) is -3.29. The fourth-order valence-corrected chi connectivity index (χ4v) is 3.05. The number of carbonyl (C=O) groups excluding carboxylic acids is 1. The Balaban J connectivity index is 2.00. The minimum atomic E-state index is -4.63. The first-order valence-corrected chi connectivity index (χ1v) is 8.15. The lowest BCUT2D eigenvalue weighted by atomic mass is 9.98. The summed E-state index contributed by atoms with van der Waals surface area (Å²) in [6, 6.07) is 6.59. The lowest BCUT2D eigenvalue weighted by Crippen LogP contribution is -2.40. The first-order chi connectivity index (χ1) is 11.9. The van der Waals surface area contributed by atoms with E-state index in [0.29, 0.717) is 24.8 Å². The number of ether oxygens (including phenoxy) is 1. The summed E-state index contributed by atoms with van der Waals surface area (Å²) in [6.45, 7) is 2.83. The van der Waals surface area contributed by atoms with Gasteiger partial charge in [-0.05, 0) is 31.9 Å². The maximum atomic E-state index is 13.2. The molecular weight excluding hydrogens is 335 g/mol. The molecule has 1 aliphatic heterocycles. The molecule has 0 saturated carbocycles. The van der Waals surface area contributed by atoms with Gasteiger partial charge in [-0.2, -0.15) is 13.2 Å². The van der Waals surface area contributed by atoms with Crippen LogP contribution in [0.25, 0.3) is 10.9 Å². The van der Waals surface area contributed by atoms with Gasteiger partial charge in [-0.1, -0.05) is 12.1 Å². The van der Waals surface area contributed by atoms with Gasteiger partial charge in [0.2, 0.25) is 5.82 Å². The van der Waals surface area contributed by atoms with Gasteiger partial charge in [-0.3, -0.25) is 4.79 Å². The summed E-state index contributed by atoms with van der Waals surface area (Å²) in [5.41, 5.74) is 0.234. The molecule has 0 aliphatic carbocycles. The summed E-state index contributed by atoms with van der Waals surface area (Å²) < 4.78 is 44.5. The molecule has 1 fully saturated rings. The van der Waals surface area contributed by atoms with E-state index in [0.717, 1.165) is 0 Å². The van der Waals surface area contributed by atoms with Gasteiger partial charge < -0.3 is 9.64 Å². The number of piperidine rings is 1. The zero-order chi connectivity index (χ0) is 18.0. The van der Waals surface area contributed by atoms with Gasteiger partial charge >= 0.3 is 12.1 Å². The van der Waals surface area contributed by atoms with Crippen LogP contribution >= 0.6 is 0 Å². The largest absolute Gasteiger partial charge is 0.466 e. The molecule has 0 N–H and O–H groups in total. The number of nitrogens with zero attached hydrogens (tertiary/aromatic N) is 3. The van der Waals surface area contributed by atoms with E-state index in [2.05, 4.69) is 9.97 Å². The van der Waals surface area contributed by atoms with Gasteiger partial charge in [0.25, 0.3) is 0 Å². The van der Waals surface area contributed by atoms with E-state index >= 15 is 0 Å². The Morgan fingerprint density at radius 3 is 2.80 bits per heavy atom. The molecule has 2 aromatic rings. The molecule has 1 aromatic heterocycles. The summed E-state index contributed by atoms with van der Waals surface area (Å²) in [5, 5.41) is 0.542. The van der Waals surface area contributed by atoms with Crippen molar-refractivity contribution < 1.29 is 22.7 Å². The number of para-hydroxylation sites is 1. The van der Waals surface area contributed by atoms with Crippen LogP contribution in [0.5, 0.6) is 0 Å². The van der Waals surface area contributed by atoms with Crippen LogP contribution in [0.15, 0.2) is 24.3 Å². The number of benzene rings is 1. The number of carbonyl (C=O) groups is 1. The molecule has 134 valence electrons. The Morgan fingerprint density at radius 2 is 2.08 bits per heavy atom. The van der Waals surface area contributed by atoms with Crippen molar-refractivity contribution in [1.82, 2.24) is 9.97 Å². The minimum Gasteiger partial charge on any atom is -0.466 e. The van der Waals surface area contributed by atoms with Crippen molar-refractivity contribution in [1.29, 1.82) is 0 Å². The van der Waals surface area contributed by atoms with Gasteiger partial charge in [0.1, 0.15) is 5.82 Å². The van der Waals surface area contributed by atoms with Gasteiger partial charge in [-0.15, -0.1) is 0 Å². The average Bonchev–Trinajstić information content (AvgIpc) is 2.60. The van der Waals surface area contributed by atoms with Crippen molar-refractivity contribution in [3.8, 4) is 0 Å². The third-order valence-corrected chi connectivity index (χ3v) is 4.18. The zero-order valence-corrected chi connectivity index (χ0v) is 13.7. The summed E-state index contributed by atoms with van der Waals surface area (Å²) in [7, 11) is 0. The van der Waals surface area contributed by atoms with Crippen LogP contribution in [0, 0.1) is 5.92 Å². The van der Waals surface area contributed by atoms with Crippen molar-refractivity contribution in [2.45, 2.75) is 25.9 Å². The van der Waals surface area contributed by atoms with E-state index in [1.807, 2.05) is 0 Å². The average molecular weight is 353 g/mol. The summed E-state index contributed by atoms with van der Waals surface area (Å²) >= 11 is 0. The molecule has 0 amide bonds. The lowest BCUT2D eigenvalue weighted by molar-refractivity contribution is -0.148. The maximum absolute atomic E-state index is 13.2.